The SMILES string of the molecule is CCO[C@H]1C[C@H](NC(=O)CCOc2ccc(C(N)=O)cc2)C12CCCC2. The van der Waals surface area contributed by atoms with Crippen molar-refractivity contribution in [1.29, 1.82) is 0 Å². The van der Waals surface area contributed by atoms with Crippen molar-refractivity contribution in [1.82, 2.24) is 5.32 Å². The molecule has 1 spiro atoms. The number of benzene rings is 1. The van der Waals surface area contributed by atoms with Crippen LogP contribution >= 0.6 is 0 Å². The summed E-state index contributed by atoms with van der Waals surface area (Å²) in [6.07, 6.45) is 6.25. The summed E-state index contributed by atoms with van der Waals surface area (Å²) in [5.41, 5.74) is 5.79. The van der Waals surface area contributed by atoms with Crippen LogP contribution in [0.25, 0.3) is 0 Å². The molecule has 0 unspecified atom stereocenters. The summed E-state index contributed by atoms with van der Waals surface area (Å²) in [5, 5.41) is 3.19. The normalized spacial score (nSPS) is 23.4. The van der Waals surface area contributed by atoms with E-state index in [4.69, 9.17) is 15.2 Å². The van der Waals surface area contributed by atoms with Gasteiger partial charge in [-0.25, -0.2) is 0 Å². The molecule has 0 radical (unpaired) electrons. The van der Waals surface area contributed by atoms with Gasteiger partial charge < -0.3 is 20.5 Å². The molecule has 2 aliphatic carbocycles. The Labute approximate surface area is 154 Å². The van der Waals surface area contributed by atoms with Gasteiger partial charge in [0.2, 0.25) is 11.8 Å². The van der Waals surface area contributed by atoms with Gasteiger partial charge in [-0.15, -0.1) is 0 Å². The predicted octanol–water partition coefficient (Wildman–Crippen LogP) is 2.41. The van der Waals surface area contributed by atoms with E-state index >= 15 is 0 Å². The van der Waals surface area contributed by atoms with E-state index in [1.807, 2.05) is 6.92 Å². The number of carbonyl (C=O) groups excluding carboxylic acids is 2. The van der Waals surface area contributed by atoms with Crippen molar-refractivity contribution in [3.8, 4) is 5.75 Å². The second kappa shape index (κ2) is 8.08. The van der Waals surface area contributed by atoms with E-state index in [9.17, 15) is 9.59 Å². The molecule has 2 fully saturated rings. The van der Waals surface area contributed by atoms with Crippen LogP contribution in [-0.2, 0) is 9.53 Å². The van der Waals surface area contributed by atoms with Crippen LogP contribution in [0.2, 0.25) is 0 Å². The Bertz CT molecular complexity index is 638. The molecule has 0 saturated heterocycles. The minimum absolute atomic E-state index is 0.0185. The molecule has 1 aromatic carbocycles. The first-order valence-corrected chi connectivity index (χ1v) is 9.49. The Balaban J connectivity index is 1.43. The van der Waals surface area contributed by atoms with Gasteiger partial charge in [0, 0.05) is 23.6 Å². The molecule has 0 aliphatic heterocycles. The molecule has 26 heavy (non-hydrogen) atoms. The third kappa shape index (κ3) is 3.85. The highest BCUT2D eigenvalue weighted by Gasteiger charge is 2.57. The number of amides is 2. The summed E-state index contributed by atoms with van der Waals surface area (Å²) in [7, 11) is 0. The zero-order valence-electron chi connectivity index (χ0n) is 15.3. The zero-order chi connectivity index (χ0) is 18.6. The minimum Gasteiger partial charge on any atom is -0.493 e. The quantitative estimate of drug-likeness (QED) is 0.745. The number of ether oxygens (including phenoxy) is 2. The van der Waals surface area contributed by atoms with Gasteiger partial charge in [-0.2, -0.15) is 0 Å². The van der Waals surface area contributed by atoms with Gasteiger partial charge in [0.15, 0.2) is 0 Å². The van der Waals surface area contributed by atoms with Crippen molar-refractivity contribution in [3.63, 3.8) is 0 Å². The second-order valence-electron chi connectivity index (χ2n) is 7.23. The van der Waals surface area contributed by atoms with Crippen molar-refractivity contribution < 1.29 is 19.1 Å². The molecule has 2 amide bonds. The highest BCUT2D eigenvalue weighted by molar-refractivity contribution is 5.92. The topological polar surface area (TPSA) is 90.7 Å². The number of carbonyl (C=O) groups is 2. The highest BCUT2D eigenvalue weighted by atomic mass is 16.5. The predicted molar refractivity (Wildman–Crippen MR) is 97.9 cm³/mol. The standard InChI is InChI=1S/C20H28N2O4/c1-2-25-17-13-16(20(17)10-3-4-11-20)22-18(23)9-12-26-15-7-5-14(6-8-15)19(21)24/h5-8,16-17H,2-4,9-13H2,1H3,(H2,21,24)(H,22,23)/t16-,17-/m0/s1. The maximum absolute atomic E-state index is 12.3. The van der Waals surface area contributed by atoms with Crippen molar-refractivity contribution in [2.75, 3.05) is 13.2 Å². The maximum Gasteiger partial charge on any atom is 0.248 e. The van der Waals surface area contributed by atoms with Crippen LogP contribution in [0.1, 0.15) is 55.8 Å². The highest BCUT2D eigenvalue weighted by Crippen LogP contribution is 2.54. The van der Waals surface area contributed by atoms with Crippen LogP contribution in [0, 0.1) is 5.41 Å². The Morgan fingerprint density at radius 2 is 1.92 bits per heavy atom. The Hall–Kier alpha value is -2.08. The molecular formula is C20H28N2O4. The lowest BCUT2D eigenvalue weighted by Gasteiger charge is -2.54. The molecule has 0 heterocycles. The van der Waals surface area contributed by atoms with Gasteiger partial charge >= 0.3 is 0 Å². The third-order valence-electron chi connectivity index (χ3n) is 5.76. The maximum atomic E-state index is 12.3. The molecule has 2 atom stereocenters. The minimum atomic E-state index is -0.470. The van der Waals surface area contributed by atoms with E-state index in [0.29, 0.717) is 30.4 Å². The number of rotatable bonds is 8. The third-order valence-corrected chi connectivity index (χ3v) is 5.76. The number of primary amides is 1. The monoisotopic (exact) mass is 360 g/mol. The Morgan fingerprint density at radius 1 is 1.23 bits per heavy atom. The van der Waals surface area contributed by atoms with Crippen LogP contribution in [0.3, 0.4) is 0 Å². The van der Waals surface area contributed by atoms with Crippen LogP contribution in [0.15, 0.2) is 24.3 Å². The summed E-state index contributed by atoms with van der Waals surface area (Å²) in [6.45, 7) is 3.06. The van der Waals surface area contributed by atoms with Gasteiger partial charge in [0.05, 0.1) is 19.1 Å². The molecule has 0 aromatic heterocycles. The van der Waals surface area contributed by atoms with Gasteiger partial charge in [-0.1, -0.05) is 12.8 Å². The first kappa shape index (κ1) is 18.7. The second-order valence-corrected chi connectivity index (χ2v) is 7.23. The fraction of sp³-hybridized carbons (Fsp3) is 0.600. The van der Waals surface area contributed by atoms with Gasteiger partial charge in [0.1, 0.15) is 5.75 Å². The Morgan fingerprint density at radius 3 is 2.54 bits per heavy atom. The fourth-order valence-electron chi connectivity index (χ4n) is 4.33. The van der Waals surface area contributed by atoms with Crippen molar-refractivity contribution in [2.45, 2.75) is 57.6 Å². The summed E-state index contributed by atoms with van der Waals surface area (Å²) in [5.74, 6) is 0.169. The largest absolute Gasteiger partial charge is 0.493 e. The molecular weight excluding hydrogens is 332 g/mol. The summed E-state index contributed by atoms with van der Waals surface area (Å²) in [6, 6.07) is 6.82. The van der Waals surface area contributed by atoms with Crippen molar-refractivity contribution in [2.24, 2.45) is 11.1 Å². The average molecular weight is 360 g/mol. The number of hydrogen-bond acceptors (Lipinski definition) is 4. The van der Waals surface area contributed by atoms with Gasteiger partial charge in [-0.3, -0.25) is 9.59 Å². The van der Waals surface area contributed by atoms with Gasteiger partial charge in [-0.05, 0) is 50.5 Å². The van der Waals surface area contributed by atoms with Crippen LogP contribution < -0.4 is 15.8 Å². The molecule has 142 valence electrons. The molecule has 3 N–H and O–H groups in total. The van der Waals surface area contributed by atoms with Crippen LogP contribution in [-0.4, -0.2) is 37.2 Å². The molecule has 1 aromatic rings. The van der Waals surface area contributed by atoms with Gasteiger partial charge in [0.25, 0.3) is 0 Å². The van der Waals surface area contributed by atoms with Crippen LogP contribution in [0.5, 0.6) is 5.75 Å². The zero-order valence-corrected chi connectivity index (χ0v) is 15.3. The van der Waals surface area contributed by atoms with E-state index in [1.165, 1.54) is 12.8 Å². The van der Waals surface area contributed by atoms with E-state index in [0.717, 1.165) is 25.9 Å². The molecule has 0 bridgehead atoms. The summed E-state index contributed by atoms with van der Waals surface area (Å²) in [4.78, 5) is 23.3. The molecule has 3 rings (SSSR count). The lowest BCUT2D eigenvalue weighted by Crippen LogP contribution is -2.63. The van der Waals surface area contributed by atoms with E-state index in [-0.39, 0.29) is 17.4 Å². The number of nitrogens with one attached hydrogen (secondary N) is 1. The summed E-state index contributed by atoms with van der Waals surface area (Å²) >= 11 is 0. The number of nitrogens with two attached hydrogens (primary N) is 1. The molecule has 6 nitrogen and oxygen atoms in total. The summed E-state index contributed by atoms with van der Waals surface area (Å²) < 4.78 is 11.5. The smallest absolute Gasteiger partial charge is 0.248 e. The lowest BCUT2D eigenvalue weighted by atomic mass is 9.60. The molecule has 6 heteroatoms. The number of hydrogen-bond donors (Lipinski definition) is 2. The Kier molecular flexibility index (Phi) is 5.81. The van der Waals surface area contributed by atoms with Crippen molar-refractivity contribution >= 4 is 11.8 Å². The van der Waals surface area contributed by atoms with Crippen molar-refractivity contribution in [3.05, 3.63) is 29.8 Å². The van der Waals surface area contributed by atoms with Crippen LogP contribution in [0.4, 0.5) is 0 Å². The molecule has 2 saturated carbocycles. The first-order valence-electron chi connectivity index (χ1n) is 9.49. The molecule has 2 aliphatic rings. The van der Waals surface area contributed by atoms with E-state index in [1.54, 1.807) is 24.3 Å². The average Bonchev–Trinajstić information content (AvgIpc) is 3.14. The van der Waals surface area contributed by atoms with E-state index < -0.39 is 5.91 Å². The van der Waals surface area contributed by atoms with E-state index in [2.05, 4.69) is 5.32 Å². The fourth-order valence-corrected chi connectivity index (χ4v) is 4.33. The first-order chi connectivity index (χ1) is 12.5. The lowest BCUT2D eigenvalue weighted by molar-refractivity contribution is -0.144.